The number of carbonyl (C=O) groups excluding carboxylic acids is 1. The van der Waals surface area contributed by atoms with Gasteiger partial charge in [0.15, 0.2) is 0 Å². The third-order valence-corrected chi connectivity index (χ3v) is 5.02. The molecule has 0 unspecified atom stereocenters. The number of aryl methyl sites for hydroxylation is 1. The summed E-state index contributed by atoms with van der Waals surface area (Å²) in [4.78, 5) is 23.2. The Hall–Kier alpha value is -3.06. The molecule has 1 saturated heterocycles. The van der Waals surface area contributed by atoms with E-state index >= 15 is 0 Å². The molecular formula is C22H25N5O2. The lowest BCUT2D eigenvalue weighted by Gasteiger charge is -2.26. The first kappa shape index (κ1) is 19.3. The van der Waals surface area contributed by atoms with Crippen molar-refractivity contribution in [1.29, 1.82) is 0 Å². The van der Waals surface area contributed by atoms with Crippen LogP contribution in [0.5, 0.6) is 0 Å². The Morgan fingerprint density at radius 3 is 2.86 bits per heavy atom. The van der Waals surface area contributed by atoms with Gasteiger partial charge in [0.1, 0.15) is 0 Å². The van der Waals surface area contributed by atoms with Gasteiger partial charge in [0, 0.05) is 43.0 Å². The summed E-state index contributed by atoms with van der Waals surface area (Å²) in [5.74, 6) is 0.859. The van der Waals surface area contributed by atoms with E-state index in [1.54, 1.807) is 12.4 Å². The average molecular weight is 391 g/mol. The van der Waals surface area contributed by atoms with E-state index in [-0.39, 0.29) is 12.3 Å². The molecule has 4 rings (SSSR count). The zero-order valence-corrected chi connectivity index (χ0v) is 16.4. The first-order chi connectivity index (χ1) is 14.3. The second kappa shape index (κ2) is 9.43. The summed E-state index contributed by atoms with van der Waals surface area (Å²) < 4.78 is 5.25. The van der Waals surface area contributed by atoms with E-state index in [2.05, 4.69) is 37.5 Å². The standard InChI is InChI=1S/C22H25N5O2/c28-20(9-10-21-25-22(26-29-21)18-7-5-11-23-15-18)24-19-8-4-6-17(14-19)16-27-12-2-1-3-13-27/h4-8,11,14-15H,1-3,9-10,12-13,16H2,(H,24,28). The quantitative estimate of drug-likeness (QED) is 0.661. The Labute approximate surface area is 170 Å². The fourth-order valence-corrected chi connectivity index (χ4v) is 3.54. The van der Waals surface area contributed by atoms with E-state index in [4.69, 9.17) is 4.52 Å². The Morgan fingerprint density at radius 2 is 2.03 bits per heavy atom. The fraction of sp³-hybridized carbons (Fsp3) is 0.364. The van der Waals surface area contributed by atoms with Gasteiger partial charge >= 0.3 is 0 Å². The van der Waals surface area contributed by atoms with E-state index in [0.29, 0.717) is 18.1 Å². The average Bonchev–Trinajstić information content (AvgIpc) is 3.23. The lowest BCUT2D eigenvalue weighted by molar-refractivity contribution is -0.116. The number of anilines is 1. The number of likely N-dealkylation sites (tertiary alicyclic amines) is 1. The minimum atomic E-state index is -0.0683. The van der Waals surface area contributed by atoms with Crippen molar-refractivity contribution >= 4 is 11.6 Å². The highest BCUT2D eigenvalue weighted by Gasteiger charge is 2.13. The molecule has 1 N–H and O–H groups in total. The first-order valence-corrected chi connectivity index (χ1v) is 10.1. The number of hydrogen-bond donors (Lipinski definition) is 1. The van der Waals surface area contributed by atoms with Gasteiger partial charge in [-0.2, -0.15) is 4.98 Å². The molecule has 0 spiro atoms. The van der Waals surface area contributed by atoms with E-state index in [1.807, 2.05) is 24.3 Å². The fourth-order valence-electron chi connectivity index (χ4n) is 3.54. The van der Waals surface area contributed by atoms with Crippen LogP contribution in [0.3, 0.4) is 0 Å². The molecule has 3 heterocycles. The van der Waals surface area contributed by atoms with Gasteiger partial charge < -0.3 is 9.84 Å². The van der Waals surface area contributed by atoms with Crippen molar-refractivity contribution in [2.45, 2.75) is 38.6 Å². The summed E-state index contributed by atoms with van der Waals surface area (Å²) in [5.41, 5.74) is 2.84. The van der Waals surface area contributed by atoms with Gasteiger partial charge in [0.25, 0.3) is 0 Å². The maximum absolute atomic E-state index is 12.3. The SMILES string of the molecule is O=C(CCc1nc(-c2cccnc2)no1)Nc1cccc(CN2CCCCC2)c1. The van der Waals surface area contributed by atoms with Gasteiger partial charge in [0.05, 0.1) is 0 Å². The zero-order valence-electron chi connectivity index (χ0n) is 16.4. The number of nitrogens with one attached hydrogen (secondary N) is 1. The predicted molar refractivity (Wildman–Crippen MR) is 110 cm³/mol. The molecule has 1 fully saturated rings. The zero-order chi connectivity index (χ0) is 19.9. The Kier molecular flexibility index (Phi) is 6.26. The summed E-state index contributed by atoms with van der Waals surface area (Å²) in [6.45, 7) is 3.24. The number of nitrogens with zero attached hydrogens (tertiary/aromatic N) is 4. The topological polar surface area (TPSA) is 84.1 Å². The van der Waals surface area contributed by atoms with Gasteiger partial charge in [-0.15, -0.1) is 0 Å². The molecule has 7 heteroatoms. The van der Waals surface area contributed by atoms with Crippen LogP contribution in [-0.2, 0) is 17.8 Å². The van der Waals surface area contributed by atoms with Crippen LogP contribution in [0.2, 0.25) is 0 Å². The van der Waals surface area contributed by atoms with Crippen molar-refractivity contribution in [3.63, 3.8) is 0 Å². The number of rotatable bonds is 7. The highest BCUT2D eigenvalue weighted by atomic mass is 16.5. The monoisotopic (exact) mass is 391 g/mol. The largest absolute Gasteiger partial charge is 0.339 e. The molecule has 1 amide bonds. The molecule has 3 aromatic rings. The third kappa shape index (κ3) is 5.48. The van der Waals surface area contributed by atoms with Gasteiger partial charge in [-0.3, -0.25) is 14.7 Å². The van der Waals surface area contributed by atoms with Crippen LogP contribution < -0.4 is 5.32 Å². The molecule has 0 aliphatic carbocycles. The van der Waals surface area contributed by atoms with Gasteiger partial charge in [0.2, 0.25) is 17.6 Å². The van der Waals surface area contributed by atoms with Crippen molar-refractivity contribution in [1.82, 2.24) is 20.0 Å². The molecule has 150 valence electrons. The first-order valence-electron chi connectivity index (χ1n) is 10.1. The predicted octanol–water partition coefficient (Wildman–Crippen LogP) is 3.69. The van der Waals surface area contributed by atoms with Gasteiger partial charge in [-0.1, -0.05) is 23.7 Å². The molecule has 0 saturated carbocycles. The number of hydrogen-bond acceptors (Lipinski definition) is 6. The molecule has 29 heavy (non-hydrogen) atoms. The summed E-state index contributed by atoms with van der Waals surface area (Å²) in [7, 11) is 0. The van der Waals surface area contributed by atoms with Crippen molar-refractivity contribution in [2.24, 2.45) is 0 Å². The molecule has 1 aliphatic heterocycles. The summed E-state index contributed by atoms with van der Waals surface area (Å²) in [6, 6.07) is 11.8. The highest BCUT2D eigenvalue weighted by Crippen LogP contribution is 2.17. The van der Waals surface area contributed by atoms with Gasteiger partial charge in [-0.05, 0) is 55.8 Å². The summed E-state index contributed by atoms with van der Waals surface area (Å²) in [5, 5.41) is 6.92. The summed E-state index contributed by atoms with van der Waals surface area (Å²) >= 11 is 0. The van der Waals surface area contributed by atoms with Crippen molar-refractivity contribution in [3.05, 3.63) is 60.2 Å². The van der Waals surface area contributed by atoms with E-state index in [1.165, 1.54) is 24.8 Å². The number of benzene rings is 1. The van der Waals surface area contributed by atoms with Gasteiger partial charge in [-0.25, -0.2) is 0 Å². The number of piperidine rings is 1. The number of carbonyl (C=O) groups is 1. The maximum Gasteiger partial charge on any atom is 0.227 e. The third-order valence-electron chi connectivity index (χ3n) is 5.02. The van der Waals surface area contributed by atoms with Crippen LogP contribution in [0.25, 0.3) is 11.4 Å². The van der Waals surface area contributed by atoms with Crippen LogP contribution in [-0.4, -0.2) is 39.0 Å². The van der Waals surface area contributed by atoms with Crippen LogP contribution in [0.4, 0.5) is 5.69 Å². The number of amides is 1. The maximum atomic E-state index is 12.3. The smallest absolute Gasteiger partial charge is 0.227 e. The molecule has 0 bridgehead atoms. The molecule has 7 nitrogen and oxygen atoms in total. The minimum absolute atomic E-state index is 0.0683. The van der Waals surface area contributed by atoms with E-state index < -0.39 is 0 Å². The molecule has 0 radical (unpaired) electrons. The van der Waals surface area contributed by atoms with Crippen LogP contribution >= 0.6 is 0 Å². The number of aromatic nitrogens is 3. The lowest BCUT2D eigenvalue weighted by atomic mass is 10.1. The highest BCUT2D eigenvalue weighted by molar-refractivity contribution is 5.90. The Balaban J connectivity index is 1.28. The van der Waals surface area contributed by atoms with Crippen molar-refractivity contribution < 1.29 is 9.32 Å². The van der Waals surface area contributed by atoms with Crippen LogP contribution in [0.1, 0.15) is 37.1 Å². The Morgan fingerprint density at radius 1 is 1.14 bits per heavy atom. The minimum Gasteiger partial charge on any atom is -0.339 e. The Bertz CT molecular complexity index is 935. The van der Waals surface area contributed by atoms with E-state index in [0.717, 1.165) is 30.9 Å². The molecule has 1 aliphatic rings. The molecule has 1 aromatic carbocycles. The van der Waals surface area contributed by atoms with Crippen LogP contribution in [0, 0.1) is 0 Å². The van der Waals surface area contributed by atoms with E-state index in [9.17, 15) is 4.79 Å². The lowest BCUT2D eigenvalue weighted by Crippen LogP contribution is -2.29. The number of pyridine rings is 1. The second-order valence-electron chi connectivity index (χ2n) is 7.34. The summed E-state index contributed by atoms with van der Waals surface area (Å²) in [6.07, 6.45) is 7.92. The normalized spacial score (nSPS) is 14.6. The van der Waals surface area contributed by atoms with Crippen molar-refractivity contribution in [3.8, 4) is 11.4 Å². The molecule has 2 aromatic heterocycles. The second-order valence-corrected chi connectivity index (χ2v) is 7.34. The van der Waals surface area contributed by atoms with Crippen LogP contribution in [0.15, 0.2) is 53.3 Å². The van der Waals surface area contributed by atoms with Crippen molar-refractivity contribution in [2.75, 3.05) is 18.4 Å². The molecule has 0 atom stereocenters. The molecular weight excluding hydrogens is 366 g/mol.